The van der Waals surface area contributed by atoms with Crippen LogP contribution in [0.5, 0.6) is 0 Å². The average Bonchev–Trinajstić information content (AvgIpc) is 3.58. The number of carbonyl (C=O) groups is 2. The molecule has 2 aromatic heterocycles. The minimum absolute atomic E-state index is 0.0372. The number of hydrogen-bond donors (Lipinski definition) is 1. The third kappa shape index (κ3) is 4.50. The second-order valence-electron chi connectivity index (χ2n) is 8.78. The predicted octanol–water partition coefficient (Wildman–Crippen LogP) is 3.97. The van der Waals surface area contributed by atoms with Gasteiger partial charge in [0, 0.05) is 43.0 Å². The van der Waals surface area contributed by atoms with Crippen LogP contribution in [0.1, 0.15) is 42.6 Å². The smallest absolute Gasteiger partial charge is 0.275 e. The van der Waals surface area contributed by atoms with Crippen LogP contribution in [-0.4, -0.2) is 58.5 Å². The van der Waals surface area contributed by atoms with Crippen molar-refractivity contribution in [1.29, 1.82) is 0 Å². The molecule has 1 aromatic carbocycles. The molecule has 2 fully saturated rings. The van der Waals surface area contributed by atoms with E-state index in [0.717, 1.165) is 19.3 Å². The number of pyridine rings is 1. The lowest BCUT2D eigenvalue weighted by Crippen LogP contribution is -2.42. The van der Waals surface area contributed by atoms with E-state index in [1.807, 2.05) is 0 Å². The van der Waals surface area contributed by atoms with Crippen molar-refractivity contribution in [2.24, 2.45) is 0 Å². The fraction of sp³-hybridized carbons (Fsp3) is 0.417. The van der Waals surface area contributed by atoms with Crippen molar-refractivity contribution in [2.75, 3.05) is 13.7 Å². The Kier molecular flexibility index (Phi) is 6.22. The fourth-order valence-electron chi connectivity index (χ4n) is 4.59. The molecule has 3 heterocycles. The highest BCUT2D eigenvalue weighted by Gasteiger charge is 2.34. The van der Waals surface area contributed by atoms with Gasteiger partial charge in [0.15, 0.2) is 17.1 Å². The predicted molar refractivity (Wildman–Crippen MR) is 123 cm³/mol. The van der Waals surface area contributed by atoms with Gasteiger partial charge in [0.2, 0.25) is 11.8 Å². The number of nitrogens with one attached hydrogen (secondary N) is 1. The van der Waals surface area contributed by atoms with Gasteiger partial charge in [-0.15, -0.1) is 0 Å². The van der Waals surface area contributed by atoms with Gasteiger partial charge in [-0.1, -0.05) is 11.6 Å². The number of fused-ring (bicyclic) bond motifs is 1. The normalized spacial score (nSPS) is 22.3. The SMILES string of the molecule is CN(C(=O)c1ncc(-c2nc3ccc(Cl)cc3o2)cc1F)C1CC[C@H](NC(=O)[C@@H]2CCCO2)C1. The van der Waals surface area contributed by atoms with Crippen LogP contribution in [0, 0.1) is 5.82 Å². The zero-order chi connectivity index (χ0) is 23.8. The minimum Gasteiger partial charge on any atom is -0.436 e. The Balaban J connectivity index is 1.25. The average molecular weight is 487 g/mol. The molecule has 8 nitrogen and oxygen atoms in total. The minimum atomic E-state index is -0.754. The number of halogens is 2. The van der Waals surface area contributed by atoms with Crippen molar-refractivity contribution in [3.63, 3.8) is 0 Å². The summed E-state index contributed by atoms with van der Waals surface area (Å²) >= 11 is 5.97. The Morgan fingerprint density at radius 1 is 1.24 bits per heavy atom. The first-order valence-electron chi connectivity index (χ1n) is 11.3. The quantitative estimate of drug-likeness (QED) is 0.586. The maximum Gasteiger partial charge on any atom is 0.275 e. The van der Waals surface area contributed by atoms with Crippen LogP contribution in [0.4, 0.5) is 4.39 Å². The highest BCUT2D eigenvalue weighted by molar-refractivity contribution is 6.31. The highest BCUT2D eigenvalue weighted by Crippen LogP contribution is 2.28. The monoisotopic (exact) mass is 486 g/mol. The molecule has 1 N–H and O–H groups in total. The van der Waals surface area contributed by atoms with E-state index in [4.69, 9.17) is 20.8 Å². The molecule has 1 aliphatic carbocycles. The third-order valence-corrected chi connectivity index (χ3v) is 6.72. The van der Waals surface area contributed by atoms with Crippen LogP contribution in [0.25, 0.3) is 22.6 Å². The van der Waals surface area contributed by atoms with Crippen LogP contribution >= 0.6 is 11.6 Å². The number of nitrogens with zero attached hydrogens (tertiary/aromatic N) is 3. The first-order valence-corrected chi connectivity index (χ1v) is 11.7. The molecule has 3 atom stereocenters. The van der Waals surface area contributed by atoms with E-state index in [-0.39, 0.29) is 35.7 Å². The molecule has 10 heteroatoms. The Labute approximate surface area is 200 Å². The van der Waals surface area contributed by atoms with Crippen LogP contribution in [0.2, 0.25) is 5.02 Å². The summed E-state index contributed by atoms with van der Waals surface area (Å²) in [5.41, 5.74) is 1.12. The van der Waals surface area contributed by atoms with E-state index >= 15 is 0 Å². The molecule has 1 saturated heterocycles. The van der Waals surface area contributed by atoms with E-state index in [9.17, 15) is 14.0 Å². The van der Waals surface area contributed by atoms with Crippen molar-refractivity contribution in [2.45, 2.75) is 50.3 Å². The standard InChI is InChI=1S/C24H24ClFN4O4/c1-30(16-6-5-15(11-16)28-22(31)19-3-2-8-33-19)24(32)21-17(26)9-13(12-27-21)23-29-18-7-4-14(25)10-20(18)34-23/h4,7,9-10,12,15-16,19H,2-3,5-6,8,11H2,1H3,(H,28,31)/t15-,16?,19-/m0/s1. The van der Waals surface area contributed by atoms with E-state index in [1.54, 1.807) is 25.2 Å². The molecule has 0 radical (unpaired) electrons. The summed E-state index contributed by atoms with van der Waals surface area (Å²) in [6.07, 6.45) is 4.68. The number of hydrogen-bond acceptors (Lipinski definition) is 6. The molecule has 2 aliphatic rings. The van der Waals surface area contributed by atoms with Crippen LogP contribution in [0.15, 0.2) is 34.9 Å². The van der Waals surface area contributed by atoms with Crippen molar-refractivity contribution in [1.82, 2.24) is 20.2 Å². The lowest BCUT2D eigenvalue weighted by Gasteiger charge is -2.25. The number of rotatable bonds is 5. The topological polar surface area (TPSA) is 97.6 Å². The van der Waals surface area contributed by atoms with Gasteiger partial charge < -0.3 is 19.4 Å². The van der Waals surface area contributed by atoms with Gasteiger partial charge >= 0.3 is 0 Å². The van der Waals surface area contributed by atoms with Gasteiger partial charge in [0.05, 0.1) is 5.56 Å². The Bertz CT molecular complexity index is 1240. The largest absolute Gasteiger partial charge is 0.436 e. The zero-order valence-electron chi connectivity index (χ0n) is 18.6. The molecule has 178 valence electrons. The summed E-state index contributed by atoms with van der Waals surface area (Å²) in [5, 5.41) is 3.52. The molecule has 0 bridgehead atoms. The van der Waals surface area contributed by atoms with Crippen molar-refractivity contribution < 1.29 is 23.1 Å². The Morgan fingerprint density at radius 2 is 2.09 bits per heavy atom. The maximum absolute atomic E-state index is 14.9. The van der Waals surface area contributed by atoms with Gasteiger partial charge in [0.1, 0.15) is 11.6 Å². The summed E-state index contributed by atoms with van der Waals surface area (Å²) in [7, 11) is 1.64. The second kappa shape index (κ2) is 9.31. The molecule has 2 amide bonds. The molecule has 0 spiro atoms. The molecular formula is C24H24ClFN4O4. The van der Waals surface area contributed by atoms with Crippen LogP contribution < -0.4 is 5.32 Å². The summed E-state index contributed by atoms with van der Waals surface area (Å²) in [6.45, 7) is 0.612. The van der Waals surface area contributed by atoms with E-state index in [1.165, 1.54) is 17.2 Å². The number of carbonyl (C=O) groups excluding carboxylic acids is 2. The molecule has 1 saturated carbocycles. The molecule has 1 unspecified atom stereocenters. The van der Waals surface area contributed by atoms with Crippen molar-refractivity contribution >= 4 is 34.5 Å². The van der Waals surface area contributed by atoms with E-state index in [0.29, 0.717) is 41.1 Å². The summed E-state index contributed by atoms with van der Waals surface area (Å²) in [4.78, 5) is 35.2. The van der Waals surface area contributed by atoms with Crippen LogP contribution in [0.3, 0.4) is 0 Å². The van der Waals surface area contributed by atoms with Gasteiger partial charge in [-0.05, 0) is 50.3 Å². The fourth-order valence-corrected chi connectivity index (χ4v) is 4.75. The summed E-state index contributed by atoms with van der Waals surface area (Å²) < 4.78 is 26.0. The lowest BCUT2D eigenvalue weighted by molar-refractivity contribution is -0.130. The first kappa shape index (κ1) is 22.7. The second-order valence-corrected chi connectivity index (χ2v) is 9.21. The van der Waals surface area contributed by atoms with Crippen LogP contribution in [-0.2, 0) is 9.53 Å². The third-order valence-electron chi connectivity index (χ3n) is 6.48. The maximum atomic E-state index is 14.9. The number of benzene rings is 1. The van der Waals surface area contributed by atoms with Gasteiger partial charge in [-0.3, -0.25) is 9.59 Å². The van der Waals surface area contributed by atoms with E-state index < -0.39 is 11.7 Å². The van der Waals surface area contributed by atoms with Gasteiger partial charge in [-0.2, -0.15) is 0 Å². The molecule has 3 aromatic rings. The van der Waals surface area contributed by atoms with E-state index in [2.05, 4.69) is 15.3 Å². The molecule has 34 heavy (non-hydrogen) atoms. The number of amides is 2. The number of ether oxygens (including phenoxy) is 1. The Morgan fingerprint density at radius 3 is 2.85 bits per heavy atom. The van der Waals surface area contributed by atoms with Gasteiger partial charge in [-0.25, -0.2) is 14.4 Å². The number of aromatic nitrogens is 2. The zero-order valence-corrected chi connectivity index (χ0v) is 19.3. The Hall–Kier alpha value is -3.04. The number of oxazole rings is 1. The first-order chi connectivity index (χ1) is 16.4. The molecular weight excluding hydrogens is 463 g/mol. The highest BCUT2D eigenvalue weighted by atomic mass is 35.5. The molecule has 5 rings (SSSR count). The van der Waals surface area contributed by atoms with Gasteiger partial charge in [0.25, 0.3) is 5.91 Å². The lowest BCUT2D eigenvalue weighted by atomic mass is 10.1. The van der Waals surface area contributed by atoms with Crippen molar-refractivity contribution in [3.8, 4) is 11.5 Å². The summed E-state index contributed by atoms with van der Waals surface area (Å²) in [5.74, 6) is -1.17. The molecule has 1 aliphatic heterocycles. The van der Waals surface area contributed by atoms with Crippen molar-refractivity contribution in [3.05, 3.63) is 47.0 Å². The summed E-state index contributed by atoms with van der Waals surface area (Å²) in [6, 6.07) is 6.06.